The fraction of sp³-hybridized carbons (Fsp3) is 0. The molecule has 0 spiro atoms. The molecular weight excluding hydrogens is 132 g/mol. The lowest BCUT2D eigenvalue weighted by atomic mass is 10.4. The largest absolute Gasteiger partial charge is 0.158 e. The van der Waals surface area contributed by atoms with Gasteiger partial charge < -0.3 is 0 Å². The number of aromatic nitrogens is 2. The molecule has 0 saturated carbocycles. The molecule has 0 atom stereocenters. The Bertz CT molecular complexity index is 285. The van der Waals surface area contributed by atoms with Crippen molar-refractivity contribution in [1.82, 2.24) is 10.2 Å². The summed E-state index contributed by atoms with van der Waals surface area (Å²) in [6, 6.07) is 3.04. The van der Waals surface area contributed by atoms with E-state index in [1.807, 2.05) is 5.38 Å². The van der Waals surface area contributed by atoms with Gasteiger partial charge in [-0.25, -0.2) is 0 Å². The summed E-state index contributed by atoms with van der Waals surface area (Å²) in [6.07, 6.45) is 3.46. The van der Waals surface area contributed by atoms with E-state index < -0.39 is 0 Å². The number of hydrogen-bond donors (Lipinski definition) is 0. The van der Waals surface area contributed by atoms with Gasteiger partial charge in [0.05, 0.1) is 17.1 Å². The number of hydrogen-bond acceptors (Lipinski definition) is 3. The molecule has 0 fully saturated rings. The van der Waals surface area contributed by atoms with Crippen LogP contribution in [-0.2, 0) is 0 Å². The molecule has 0 aliphatic carbocycles. The Morgan fingerprint density at radius 2 is 2.22 bits per heavy atom. The molecule has 2 nitrogen and oxygen atoms in total. The molecule has 9 heavy (non-hydrogen) atoms. The van der Waals surface area contributed by atoms with Crippen molar-refractivity contribution in [2.75, 3.05) is 0 Å². The zero-order valence-electron chi connectivity index (χ0n) is 4.53. The summed E-state index contributed by atoms with van der Waals surface area (Å²) < 4.78 is 1.14. The number of rotatable bonds is 0. The summed E-state index contributed by atoms with van der Waals surface area (Å²) in [5.41, 5.74) is 0. The molecule has 2 rings (SSSR count). The molecule has 43 valence electrons. The third-order valence-electron chi connectivity index (χ3n) is 1.09. The van der Waals surface area contributed by atoms with Crippen LogP contribution in [0.25, 0.3) is 10.1 Å². The molecule has 1 radical (unpaired) electrons. The van der Waals surface area contributed by atoms with Crippen LogP contribution in [0, 0.1) is 6.07 Å². The molecule has 2 aromatic heterocycles. The highest BCUT2D eigenvalue weighted by molar-refractivity contribution is 7.17. The van der Waals surface area contributed by atoms with Crippen LogP contribution in [0.5, 0.6) is 0 Å². The SMILES string of the molecule is [c]1csc2cnncc12. The number of thiophene rings is 1. The van der Waals surface area contributed by atoms with Crippen molar-refractivity contribution in [2.45, 2.75) is 0 Å². The normalized spacial score (nSPS) is 10.2. The van der Waals surface area contributed by atoms with Gasteiger partial charge in [-0.3, -0.25) is 0 Å². The van der Waals surface area contributed by atoms with Crippen molar-refractivity contribution in [3.8, 4) is 0 Å². The zero-order chi connectivity index (χ0) is 6.10. The fourth-order valence-electron chi connectivity index (χ4n) is 0.669. The van der Waals surface area contributed by atoms with Crippen LogP contribution in [0.15, 0.2) is 17.8 Å². The second kappa shape index (κ2) is 1.77. The summed E-state index contributed by atoms with van der Waals surface area (Å²) in [7, 11) is 0. The van der Waals surface area contributed by atoms with Crippen LogP contribution < -0.4 is 0 Å². The van der Waals surface area contributed by atoms with Gasteiger partial charge in [0.25, 0.3) is 0 Å². The van der Waals surface area contributed by atoms with Gasteiger partial charge in [0, 0.05) is 11.5 Å². The minimum atomic E-state index is 1.05. The molecule has 2 heterocycles. The molecule has 2 aromatic rings. The zero-order valence-corrected chi connectivity index (χ0v) is 5.35. The van der Waals surface area contributed by atoms with E-state index in [0.29, 0.717) is 0 Å². The molecular formula is C6H3N2S. The van der Waals surface area contributed by atoms with Crippen LogP contribution in [-0.4, -0.2) is 10.2 Å². The first kappa shape index (κ1) is 4.88. The topological polar surface area (TPSA) is 25.8 Å². The molecule has 0 aromatic carbocycles. The molecule has 0 aliphatic rings. The highest BCUT2D eigenvalue weighted by atomic mass is 32.1. The highest BCUT2D eigenvalue weighted by Gasteiger charge is 1.90. The van der Waals surface area contributed by atoms with Crippen molar-refractivity contribution >= 4 is 21.4 Å². The predicted molar refractivity (Wildman–Crippen MR) is 36.3 cm³/mol. The van der Waals surface area contributed by atoms with Crippen molar-refractivity contribution in [1.29, 1.82) is 0 Å². The van der Waals surface area contributed by atoms with Crippen LogP contribution in [0.1, 0.15) is 0 Å². The minimum absolute atomic E-state index is 1.05. The smallest absolute Gasteiger partial charge is 0.0674 e. The van der Waals surface area contributed by atoms with E-state index in [1.54, 1.807) is 23.7 Å². The average Bonchev–Trinajstić information content (AvgIpc) is 2.33. The van der Waals surface area contributed by atoms with Gasteiger partial charge in [-0.2, -0.15) is 10.2 Å². The van der Waals surface area contributed by atoms with E-state index in [1.165, 1.54) is 0 Å². The lowest BCUT2D eigenvalue weighted by molar-refractivity contribution is 1.05. The number of fused-ring (bicyclic) bond motifs is 1. The third kappa shape index (κ3) is 0.695. The maximum Gasteiger partial charge on any atom is 0.0674 e. The van der Waals surface area contributed by atoms with Gasteiger partial charge >= 0.3 is 0 Å². The molecule has 0 amide bonds. The Hall–Kier alpha value is -0.960. The fourth-order valence-corrected chi connectivity index (χ4v) is 1.33. The summed E-state index contributed by atoms with van der Waals surface area (Å²) in [5.74, 6) is 0. The molecule has 3 heteroatoms. The van der Waals surface area contributed by atoms with Crippen LogP contribution in [0.4, 0.5) is 0 Å². The molecule has 0 N–H and O–H groups in total. The third-order valence-corrected chi connectivity index (χ3v) is 1.91. The van der Waals surface area contributed by atoms with Gasteiger partial charge in [0.1, 0.15) is 0 Å². The van der Waals surface area contributed by atoms with Crippen LogP contribution >= 0.6 is 11.3 Å². The van der Waals surface area contributed by atoms with Gasteiger partial charge in [0.15, 0.2) is 0 Å². The van der Waals surface area contributed by atoms with E-state index in [0.717, 1.165) is 10.1 Å². The molecule has 0 saturated heterocycles. The monoisotopic (exact) mass is 135 g/mol. The van der Waals surface area contributed by atoms with Gasteiger partial charge in [-0.1, -0.05) is 0 Å². The lowest BCUT2D eigenvalue weighted by Gasteiger charge is -1.80. The second-order valence-corrected chi connectivity index (χ2v) is 2.56. The van der Waals surface area contributed by atoms with Crippen molar-refractivity contribution in [3.05, 3.63) is 23.8 Å². The molecule has 0 unspecified atom stereocenters. The Morgan fingerprint density at radius 1 is 1.33 bits per heavy atom. The Kier molecular flexibility index (Phi) is 0.960. The van der Waals surface area contributed by atoms with Gasteiger partial charge in [0.2, 0.25) is 0 Å². The van der Waals surface area contributed by atoms with Crippen LogP contribution in [0.3, 0.4) is 0 Å². The van der Waals surface area contributed by atoms with E-state index in [2.05, 4.69) is 16.3 Å². The minimum Gasteiger partial charge on any atom is -0.158 e. The van der Waals surface area contributed by atoms with Crippen molar-refractivity contribution in [2.24, 2.45) is 0 Å². The summed E-state index contributed by atoms with van der Waals surface area (Å²) in [4.78, 5) is 0. The highest BCUT2D eigenvalue weighted by Crippen LogP contribution is 2.15. The first-order chi connectivity index (χ1) is 4.47. The maximum absolute atomic E-state index is 3.73. The van der Waals surface area contributed by atoms with E-state index >= 15 is 0 Å². The number of nitrogens with zero attached hydrogens (tertiary/aromatic N) is 2. The van der Waals surface area contributed by atoms with Crippen LogP contribution in [0.2, 0.25) is 0 Å². The quantitative estimate of drug-likeness (QED) is 0.547. The predicted octanol–water partition coefficient (Wildman–Crippen LogP) is 1.49. The maximum atomic E-state index is 3.73. The lowest BCUT2D eigenvalue weighted by Crippen LogP contribution is -1.73. The van der Waals surface area contributed by atoms with E-state index in [9.17, 15) is 0 Å². The first-order valence-electron chi connectivity index (χ1n) is 2.52. The summed E-state index contributed by atoms with van der Waals surface area (Å²) >= 11 is 1.63. The summed E-state index contributed by atoms with van der Waals surface area (Å²) in [6.45, 7) is 0. The molecule has 0 bridgehead atoms. The average molecular weight is 135 g/mol. The molecule has 0 aliphatic heterocycles. The second-order valence-electron chi connectivity index (χ2n) is 1.65. The van der Waals surface area contributed by atoms with Gasteiger partial charge in [-0.05, 0) is 5.38 Å². The standard InChI is InChI=1S/C6H3N2S/c1-2-9-6-4-8-7-3-5(1)6/h2-4H. The Morgan fingerprint density at radius 3 is 3.11 bits per heavy atom. The Labute approximate surface area is 56.2 Å². The van der Waals surface area contributed by atoms with Gasteiger partial charge in [-0.15, -0.1) is 11.3 Å². The van der Waals surface area contributed by atoms with E-state index in [4.69, 9.17) is 0 Å². The first-order valence-corrected chi connectivity index (χ1v) is 3.40. The van der Waals surface area contributed by atoms with E-state index in [-0.39, 0.29) is 0 Å². The Balaban J connectivity index is 2.95. The van der Waals surface area contributed by atoms with Crippen molar-refractivity contribution in [3.63, 3.8) is 0 Å². The summed E-state index contributed by atoms with van der Waals surface area (Å²) in [5, 5.41) is 10.4. The van der Waals surface area contributed by atoms with Crippen molar-refractivity contribution < 1.29 is 0 Å².